The number of para-hydroxylation sites is 1. The van der Waals surface area contributed by atoms with Crippen molar-refractivity contribution in [2.24, 2.45) is 5.73 Å². The number of rotatable bonds is 4. The third-order valence-corrected chi connectivity index (χ3v) is 4.51. The van der Waals surface area contributed by atoms with Gasteiger partial charge in [0.15, 0.2) is 5.16 Å². The summed E-state index contributed by atoms with van der Waals surface area (Å²) in [7, 11) is 0. The first-order valence-electron chi connectivity index (χ1n) is 7.47. The predicted molar refractivity (Wildman–Crippen MR) is 96.7 cm³/mol. The van der Waals surface area contributed by atoms with Crippen molar-refractivity contribution in [1.29, 1.82) is 0 Å². The van der Waals surface area contributed by atoms with Crippen LogP contribution in [0.15, 0.2) is 52.4 Å². The minimum Gasteiger partial charge on any atom is -0.369 e. The van der Waals surface area contributed by atoms with Crippen LogP contribution < -0.4 is 11.3 Å². The minimum absolute atomic E-state index is 0.0651. The van der Waals surface area contributed by atoms with E-state index in [1.54, 1.807) is 16.7 Å². The first-order chi connectivity index (χ1) is 11.5. The van der Waals surface area contributed by atoms with E-state index in [-0.39, 0.29) is 11.3 Å². The molecule has 24 heavy (non-hydrogen) atoms. The molecule has 1 amide bonds. The number of thioether (sulfide) groups is 1. The van der Waals surface area contributed by atoms with Crippen molar-refractivity contribution in [3.8, 4) is 5.69 Å². The number of nitrogens with zero attached hydrogens (tertiary/aromatic N) is 2. The standard InChI is InChI=1S/C18H17N3O2S/c1-11-7-12(2)9-13(8-11)21-17(23)14-5-3-4-6-15(14)20-18(21)24-10-16(19)22/h3-9H,10H2,1-2H3,(H2,19,22). The van der Waals surface area contributed by atoms with Crippen molar-refractivity contribution >= 4 is 28.6 Å². The van der Waals surface area contributed by atoms with E-state index in [2.05, 4.69) is 4.98 Å². The quantitative estimate of drug-likeness (QED) is 0.585. The summed E-state index contributed by atoms with van der Waals surface area (Å²) in [6.07, 6.45) is 0. The van der Waals surface area contributed by atoms with E-state index in [1.807, 2.05) is 44.2 Å². The Morgan fingerprint density at radius 3 is 2.50 bits per heavy atom. The number of hydrogen-bond donors (Lipinski definition) is 1. The number of amides is 1. The first kappa shape index (κ1) is 16.3. The van der Waals surface area contributed by atoms with Gasteiger partial charge in [-0.15, -0.1) is 0 Å². The molecule has 0 atom stereocenters. The summed E-state index contributed by atoms with van der Waals surface area (Å²) in [6, 6.07) is 13.1. The average Bonchev–Trinajstić information content (AvgIpc) is 2.52. The van der Waals surface area contributed by atoms with Crippen LogP contribution in [0.2, 0.25) is 0 Å². The molecule has 0 aliphatic rings. The fourth-order valence-corrected chi connectivity index (χ4v) is 3.40. The van der Waals surface area contributed by atoms with E-state index in [9.17, 15) is 9.59 Å². The third-order valence-electron chi connectivity index (χ3n) is 3.55. The molecule has 0 aliphatic carbocycles. The van der Waals surface area contributed by atoms with Gasteiger partial charge in [-0.2, -0.15) is 0 Å². The monoisotopic (exact) mass is 339 g/mol. The predicted octanol–water partition coefficient (Wildman–Crippen LogP) is 2.58. The molecule has 0 fully saturated rings. The molecule has 0 radical (unpaired) electrons. The summed E-state index contributed by atoms with van der Waals surface area (Å²) in [4.78, 5) is 28.7. The van der Waals surface area contributed by atoms with Crippen molar-refractivity contribution in [1.82, 2.24) is 9.55 Å². The van der Waals surface area contributed by atoms with Gasteiger partial charge >= 0.3 is 0 Å². The maximum atomic E-state index is 13.0. The molecule has 0 bridgehead atoms. The van der Waals surface area contributed by atoms with Crippen LogP contribution in [0.4, 0.5) is 0 Å². The smallest absolute Gasteiger partial charge is 0.266 e. The highest BCUT2D eigenvalue weighted by molar-refractivity contribution is 7.99. The zero-order valence-corrected chi connectivity index (χ0v) is 14.3. The number of benzene rings is 2. The van der Waals surface area contributed by atoms with Crippen LogP contribution in [0.3, 0.4) is 0 Å². The number of hydrogen-bond acceptors (Lipinski definition) is 4. The number of carbonyl (C=O) groups is 1. The van der Waals surface area contributed by atoms with Gasteiger partial charge in [0.05, 0.1) is 22.3 Å². The molecular formula is C18H17N3O2S. The maximum absolute atomic E-state index is 13.0. The van der Waals surface area contributed by atoms with Gasteiger partial charge < -0.3 is 5.73 Å². The molecule has 5 nitrogen and oxygen atoms in total. The van der Waals surface area contributed by atoms with E-state index >= 15 is 0 Å². The van der Waals surface area contributed by atoms with Crippen LogP contribution in [0.5, 0.6) is 0 Å². The number of aryl methyl sites for hydroxylation is 2. The molecule has 0 unspecified atom stereocenters. The molecule has 2 N–H and O–H groups in total. The van der Waals surface area contributed by atoms with Crippen LogP contribution in [-0.4, -0.2) is 21.2 Å². The van der Waals surface area contributed by atoms with Gasteiger partial charge in [-0.05, 0) is 49.2 Å². The Morgan fingerprint density at radius 2 is 1.83 bits per heavy atom. The number of aromatic nitrogens is 2. The molecule has 3 aromatic rings. The SMILES string of the molecule is Cc1cc(C)cc(-n2c(SCC(N)=O)nc3ccccc3c2=O)c1. The lowest BCUT2D eigenvalue weighted by Crippen LogP contribution is -2.23. The van der Waals surface area contributed by atoms with Gasteiger partial charge in [-0.1, -0.05) is 30.0 Å². The van der Waals surface area contributed by atoms with Crippen LogP contribution >= 0.6 is 11.8 Å². The lowest BCUT2D eigenvalue weighted by Gasteiger charge is -2.14. The second-order valence-electron chi connectivity index (χ2n) is 5.65. The molecule has 0 saturated carbocycles. The van der Waals surface area contributed by atoms with E-state index in [4.69, 9.17) is 5.73 Å². The van der Waals surface area contributed by atoms with Crippen LogP contribution in [0.1, 0.15) is 11.1 Å². The largest absolute Gasteiger partial charge is 0.369 e. The number of nitrogens with two attached hydrogens (primary N) is 1. The average molecular weight is 339 g/mol. The van der Waals surface area contributed by atoms with Gasteiger partial charge in [0.2, 0.25) is 5.91 Å². The van der Waals surface area contributed by atoms with Crippen molar-refractivity contribution in [3.05, 3.63) is 63.9 Å². The Hall–Kier alpha value is -2.60. The number of fused-ring (bicyclic) bond motifs is 1. The van der Waals surface area contributed by atoms with E-state index in [0.717, 1.165) is 16.8 Å². The summed E-state index contributed by atoms with van der Waals surface area (Å²) in [5.41, 5.74) is 8.55. The Bertz CT molecular complexity index is 975. The number of carbonyl (C=O) groups excluding carboxylic acids is 1. The Balaban J connectivity index is 2.30. The van der Waals surface area contributed by atoms with Gasteiger partial charge in [0, 0.05) is 0 Å². The lowest BCUT2D eigenvalue weighted by atomic mass is 10.1. The van der Waals surface area contributed by atoms with Crippen molar-refractivity contribution in [2.75, 3.05) is 5.75 Å². The third kappa shape index (κ3) is 3.19. The molecule has 6 heteroatoms. The van der Waals surface area contributed by atoms with Crippen molar-refractivity contribution in [3.63, 3.8) is 0 Å². The fraction of sp³-hybridized carbons (Fsp3) is 0.167. The first-order valence-corrected chi connectivity index (χ1v) is 8.46. The molecule has 122 valence electrons. The number of primary amides is 1. The summed E-state index contributed by atoms with van der Waals surface area (Å²) in [5.74, 6) is -0.385. The van der Waals surface area contributed by atoms with Crippen LogP contribution in [0, 0.1) is 13.8 Å². The Morgan fingerprint density at radius 1 is 1.17 bits per heavy atom. The molecule has 1 aromatic heterocycles. The van der Waals surface area contributed by atoms with Crippen LogP contribution in [0.25, 0.3) is 16.6 Å². The molecule has 1 heterocycles. The highest BCUT2D eigenvalue weighted by Gasteiger charge is 2.14. The van der Waals surface area contributed by atoms with Gasteiger partial charge in [0.1, 0.15) is 0 Å². The zero-order valence-electron chi connectivity index (χ0n) is 13.4. The van der Waals surface area contributed by atoms with Gasteiger partial charge in [0.25, 0.3) is 5.56 Å². The molecule has 2 aromatic carbocycles. The van der Waals surface area contributed by atoms with E-state index in [1.165, 1.54) is 11.8 Å². The minimum atomic E-state index is -0.450. The second kappa shape index (κ2) is 6.49. The van der Waals surface area contributed by atoms with E-state index in [0.29, 0.717) is 16.1 Å². The normalized spacial score (nSPS) is 10.9. The zero-order chi connectivity index (χ0) is 17.3. The molecule has 0 spiro atoms. The summed E-state index contributed by atoms with van der Waals surface area (Å²) < 4.78 is 1.55. The second-order valence-corrected chi connectivity index (χ2v) is 6.60. The van der Waals surface area contributed by atoms with Gasteiger partial charge in [-0.25, -0.2) is 4.98 Å². The highest BCUT2D eigenvalue weighted by atomic mass is 32.2. The Labute approximate surface area is 143 Å². The Kier molecular flexibility index (Phi) is 4.40. The molecule has 3 rings (SSSR count). The van der Waals surface area contributed by atoms with Crippen molar-refractivity contribution in [2.45, 2.75) is 19.0 Å². The molecule has 0 aliphatic heterocycles. The fourth-order valence-electron chi connectivity index (χ4n) is 2.65. The summed E-state index contributed by atoms with van der Waals surface area (Å²) in [6.45, 7) is 3.96. The lowest BCUT2D eigenvalue weighted by molar-refractivity contribution is -0.115. The molecule has 0 saturated heterocycles. The summed E-state index contributed by atoms with van der Waals surface area (Å²) >= 11 is 1.17. The van der Waals surface area contributed by atoms with Crippen molar-refractivity contribution < 1.29 is 4.79 Å². The topological polar surface area (TPSA) is 78.0 Å². The molecular weight excluding hydrogens is 322 g/mol. The van der Waals surface area contributed by atoms with Gasteiger partial charge in [-0.3, -0.25) is 14.2 Å². The summed E-state index contributed by atoms with van der Waals surface area (Å²) in [5, 5.41) is 1.00. The van der Waals surface area contributed by atoms with E-state index < -0.39 is 5.91 Å². The highest BCUT2D eigenvalue weighted by Crippen LogP contribution is 2.22. The van der Waals surface area contributed by atoms with Crippen LogP contribution in [-0.2, 0) is 4.79 Å². The maximum Gasteiger partial charge on any atom is 0.266 e.